The number of amides is 1. The van der Waals surface area contributed by atoms with Gasteiger partial charge in [-0.3, -0.25) is 4.79 Å². The molecule has 2 atom stereocenters. The molecule has 2 aromatic rings. The largest absolute Gasteiger partial charge is 0.487 e. The molecule has 0 spiro atoms. The first-order valence-electron chi connectivity index (χ1n) is 11.4. The number of carbonyl (C=O) groups is 1. The van der Waals surface area contributed by atoms with Crippen LogP contribution in [0.1, 0.15) is 75.6 Å². The van der Waals surface area contributed by atoms with Gasteiger partial charge in [-0.15, -0.1) is 0 Å². The van der Waals surface area contributed by atoms with Crippen molar-refractivity contribution in [3.05, 3.63) is 59.2 Å². The standard InChI is InChI=1S/C26H33NO3/c1-4-26(5-2)17-22(21-14-8-9-15-24(21)30-26)27-25(28)18(3)29-23-16-10-12-19-11-6-7-13-20(19)23/h8-10,12,14-16,18,22H,4-7,11,13,17H2,1-3H3,(H,27,28)/t18-,22-/m1/s1. The Balaban J connectivity index is 1.50. The van der Waals surface area contributed by atoms with Crippen LogP contribution in [0.5, 0.6) is 11.5 Å². The van der Waals surface area contributed by atoms with Crippen LogP contribution in [0.25, 0.3) is 0 Å². The van der Waals surface area contributed by atoms with Gasteiger partial charge in [0.25, 0.3) is 5.91 Å². The van der Waals surface area contributed by atoms with Crippen molar-refractivity contribution in [2.24, 2.45) is 0 Å². The number of carbonyl (C=O) groups excluding carboxylic acids is 1. The fraction of sp³-hybridized carbons (Fsp3) is 0.500. The van der Waals surface area contributed by atoms with E-state index in [4.69, 9.17) is 9.47 Å². The monoisotopic (exact) mass is 407 g/mol. The predicted octanol–water partition coefficient (Wildman–Crippen LogP) is 5.53. The average Bonchev–Trinajstić information content (AvgIpc) is 2.79. The van der Waals surface area contributed by atoms with Crippen LogP contribution >= 0.6 is 0 Å². The van der Waals surface area contributed by atoms with Crippen LogP contribution in [0, 0.1) is 0 Å². The first kappa shape index (κ1) is 20.8. The van der Waals surface area contributed by atoms with Gasteiger partial charge in [-0.1, -0.05) is 44.2 Å². The number of hydrogen-bond donors (Lipinski definition) is 1. The lowest BCUT2D eigenvalue weighted by Gasteiger charge is -2.42. The summed E-state index contributed by atoms with van der Waals surface area (Å²) in [7, 11) is 0. The molecule has 1 heterocycles. The summed E-state index contributed by atoms with van der Waals surface area (Å²) < 4.78 is 12.5. The fourth-order valence-electron chi connectivity index (χ4n) is 4.82. The number of nitrogens with one attached hydrogen (secondary N) is 1. The Morgan fingerprint density at radius 3 is 2.70 bits per heavy atom. The van der Waals surface area contributed by atoms with Crippen LogP contribution in [-0.2, 0) is 17.6 Å². The van der Waals surface area contributed by atoms with Crippen LogP contribution in [0.15, 0.2) is 42.5 Å². The van der Waals surface area contributed by atoms with Gasteiger partial charge in [0.15, 0.2) is 6.10 Å². The third-order valence-electron chi connectivity index (χ3n) is 6.83. The van der Waals surface area contributed by atoms with Crippen molar-refractivity contribution in [3.63, 3.8) is 0 Å². The molecule has 0 radical (unpaired) electrons. The van der Waals surface area contributed by atoms with E-state index in [2.05, 4.69) is 31.3 Å². The maximum absolute atomic E-state index is 13.1. The predicted molar refractivity (Wildman–Crippen MR) is 119 cm³/mol. The van der Waals surface area contributed by atoms with E-state index < -0.39 is 6.10 Å². The van der Waals surface area contributed by atoms with Gasteiger partial charge >= 0.3 is 0 Å². The number of hydrogen-bond acceptors (Lipinski definition) is 3. The fourth-order valence-corrected chi connectivity index (χ4v) is 4.82. The second-order valence-electron chi connectivity index (χ2n) is 8.66. The van der Waals surface area contributed by atoms with Gasteiger partial charge in [-0.05, 0) is 68.7 Å². The highest BCUT2D eigenvalue weighted by Gasteiger charge is 2.39. The van der Waals surface area contributed by atoms with E-state index in [1.165, 1.54) is 24.0 Å². The molecule has 0 bridgehead atoms. The van der Waals surface area contributed by atoms with Crippen molar-refractivity contribution in [1.29, 1.82) is 0 Å². The molecule has 2 aliphatic rings. The first-order chi connectivity index (χ1) is 14.5. The molecular formula is C26H33NO3. The zero-order valence-corrected chi connectivity index (χ0v) is 18.4. The van der Waals surface area contributed by atoms with Gasteiger partial charge in [0, 0.05) is 12.0 Å². The first-order valence-corrected chi connectivity index (χ1v) is 11.4. The number of para-hydroxylation sites is 1. The van der Waals surface area contributed by atoms with Gasteiger partial charge < -0.3 is 14.8 Å². The quantitative estimate of drug-likeness (QED) is 0.685. The molecule has 0 saturated carbocycles. The number of rotatable bonds is 6. The number of fused-ring (bicyclic) bond motifs is 2. The summed E-state index contributed by atoms with van der Waals surface area (Å²) in [6.07, 6.45) is 6.58. The molecule has 0 saturated heterocycles. The molecule has 1 N–H and O–H groups in total. The summed E-state index contributed by atoms with van der Waals surface area (Å²) in [6.45, 7) is 6.15. The van der Waals surface area contributed by atoms with Crippen molar-refractivity contribution < 1.29 is 14.3 Å². The van der Waals surface area contributed by atoms with Gasteiger partial charge in [0.1, 0.15) is 17.1 Å². The number of aryl methyl sites for hydroxylation is 1. The second kappa shape index (κ2) is 8.71. The van der Waals surface area contributed by atoms with Gasteiger partial charge in [-0.25, -0.2) is 0 Å². The molecule has 1 aliphatic heterocycles. The number of ether oxygens (including phenoxy) is 2. The molecule has 4 nitrogen and oxygen atoms in total. The molecule has 2 aromatic carbocycles. The summed E-state index contributed by atoms with van der Waals surface area (Å²) in [4.78, 5) is 13.1. The molecule has 30 heavy (non-hydrogen) atoms. The molecule has 0 aromatic heterocycles. The van der Waals surface area contributed by atoms with E-state index in [0.717, 1.165) is 49.2 Å². The maximum Gasteiger partial charge on any atom is 0.261 e. The highest BCUT2D eigenvalue weighted by Crippen LogP contribution is 2.42. The minimum Gasteiger partial charge on any atom is -0.487 e. The third-order valence-corrected chi connectivity index (χ3v) is 6.83. The van der Waals surface area contributed by atoms with Crippen LogP contribution in [0.2, 0.25) is 0 Å². The topological polar surface area (TPSA) is 47.6 Å². The van der Waals surface area contributed by atoms with Crippen molar-refractivity contribution in [1.82, 2.24) is 5.32 Å². The Bertz CT molecular complexity index is 903. The van der Waals surface area contributed by atoms with Crippen molar-refractivity contribution in [2.45, 2.75) is 83.5 Å². The summed E-state index contributed by atoms with van der Waals surface area (Å²) in [5.41, 5.74) is 3.44. The Morgan fingerprint density at radius 2 is 1.90 bits per heavy atom. The lowest BCUT2D eigenvalue weighted by Crippen LogP contribution is -2.47. The van der Waals surface area contributed by atoms with E-state index in [1.807, 2.05) is 37.3 Å². The smallest absolute Gasteiger partial charge is 0.261 e. The Morgan fingerprint density at radius 1 is 1.13 bits per heavy atom. The summed E-state index contributed by atoms with van der Waals surface area (Å²) in [5.74, 6) is 1.66. The molecule has 1 amide bonds. The minimum absolute atomic E-state index is 0.0712. The second-order valence-corrected chi connectivity index (χ2v) is 8.66. The zero-order valence-electron chi connectivity index (χ0n) is 18.4. The van der Waals surface area contributed by atoms with E-state index in [-0.39, 0.29) is 17.6 Å². The van der Waals surface area contributed by atoms with Crippen LogP contribution < -0.4 is 14.8 Å². The van der Waals surface area contributed by atoms with Gasteiger partial charge in [0.05, 0.1) is 6.04 Å². The van der Waals surface area contributed by atoms with Gasteiger partial charge in [0.2, 0.25) is 0 Å². The molecule has 0 fully saturated rings. The van der Waals surface area contributed by atoms with Crippen LogP contribution in [0.3, 0.4) is 0 Å². The highest BCUT2D eigenvalue weighted by atomic mass is 16.5. The molecule has 4 heteroatoms. The van der Waals surface area contributed by atoms with Crippen molar-refractivity contribution in [2.75, 3.05) is 0 Å². The minimum atomic E-state index is -0.550. The lowest BCUT2D eigenvalue weighted by molar-refractivity contribution is -0.128. The van der Waals surface area contributed by atoms with Crippen molar-refractivity contribution >= 4 is 5.91 Å². The zero-order chi connectivity index (χ0) is 21.1. The van der Waals surface area contributed by atoms with E-state index in [0.29, 0.717) is 0 Å². The lowest BCUT2D eigenvalue weighted by atomic mass is 9.83. The summed E-state index contributed by atoms with van der Waals surface area (Å²) in [5, 5.41) is 3.25. The normalized spacial score (nSPS) is 20.3. The number of benzene rings is 2. The summed E-state index contributed by atoms with van der Waals surface area (Å²) in [6, 6.07) is 14.2. The van der Waals surface area contributed by atoms with E-state index in [9.17, 15) is 4.79 Å². The molecule has 1 aliphatic carbocycles. The van der Waals surface area contributed by atoms with Crippen LogP contribution in [-0.4, -0.2) is 17.6 Å². The summed E-state index contributed by atoms with van der Waals surface area (Å²) >= 11 is 0. The molecule has 4 rings (SSSR count). The Labute approximate surface area is 180 Å². The Kier molecular flexibility index (Phi) is 6.03. The van der Waals surface area contributed by atoms with Crippen molar-refractivity contribution in [3.8, 4) is 11.5 Å². The van der Waals surface area contributed by atoms with Gasteiger partial charge in [-0.2, -0.15) is 0 Å². The molecular weight excluding hydrogens is 374 g/mol. The van der Waals surface area contributed by atoms with E-state index in [1.54, 1.807) is 0 Å². The maximum atomic E-state index is 13.1. The third kappa shape index (κ3) is 4.05. The van der Waals surface area contributed by atoms with E-state index >= 15 is 0 Å². The molecule has 160 valence electrons. The Hall–Kier alpha value is -2.49. The SMILES string of the molecule is CCC1(CC)C[C@@H](NC(=O)[C@@H](C)Oc2cccc3c2CCCC3)c2ccccc2O1. The average molecular weight is 408 g/mol. The molecule has 0 unspecified atom stereocenters. The highest BCUT2D eigenvalue weighted by molar-refractivity contribution is 5.81. The van der Waals surface area contributed by atoms with Crippen LogP contribution in [0.4, 0.5) is 0 Å².